The van der Waals surface area contributed by atoms with Crippen LogP contribution in [0.4, 0.5) is 0 Å². The first-order valence-corrected chi connectivity index (χ1v) is 5.36. The Morgan fingerprint density at radius 2 is 1.93 bits per heavy atom. The van der Waals surface area contributed by atoms with Crippen molar-refractivity contribution in [3.8, 4) is 0 Å². The van der Waals surface area contributed by atoms with Gasteiger partial charge in [0.05, 0.1) is 5.30 Å². The molecule has 0 saturated carbocycles. The molecule has 0 heterocycles. The predicted molar refractivity (Wildman–Crippen MR) is 46.8 cm³/mol. The van der Waals surface area contributed by atoms with Crippen LogP contribution in [-0.2, 0) is 15.8 Å². The SMILES string of the molecule is O=C([O-])Cc1ccccc1P(=O)(O)O. The lowest BCUT2D eigenvalue weighted by Crippen LogP contribution is -2.27. The zero-order chi connectivity index (χ0) is 10.8. The van der Waals surface area contributed by atoms with E-state index in [-0.39, 0.29) is 10.9 Å². The summed E-state index contributed by atoms with van der Waals surface area (Å²) in [5, 5.41) is 10.0. The number of hydrogen-bond donors (Lipinski definition) is 2. The third kappa shape index (κ3) is 2.67. The van der Waals surface area contributed by atoms with Crippen LogP contribution in [0.2, 0.25) is 0 Å². The highest BCUT2D eigenvalue weighted by Crippen LogP contribution is 2.34. The van der Waals surface area contributed by atoms with Crippen molar-refractivity contribution in [3.05, 3.63) is 29.8 Å². The summed E-state index contributed by atoms with van der Waals surface area (Å²) in [6.45, 7) is 0. The monoisotopic (exact) mass is 215 g/mol. The summed E-state index contributed by atoms with van der Waals surface area (Å²) < 4.78 is 10.9. The van der Waals surface area contributed by atoms with Gasteiger partial charge in [0.25, 0.3) is 0 Å². The van der Waals surface area contributed by atoms with Crippen LogP contribution < -0.4 is 10.4 Å². The lowest BCUT2D eigenvalue weighted by atomic mass is 10.1. The Bertz CT molecular complexity index is 394. The Kier molecular flexibility index (Phi) is 3.06. The molecular formula is C8H8O5P-. The van der Waals surface area contributed by atoms with Gasteiger partial charge in [0.15, 0.2) is 0 Å². The standard InChI is InChI=1S/C8H9O5P/c9-8(10)5-6-3-1-2-4-7(6)14(11,12)13/h1-4H,5H2,(H,9,10)(H2,11,12,13)/p-1. The first-order valence-electron chi connectivity index (χ1n) is 3.75. The van der Waals surface area contributed by atoms with Gasteiger partial charge in [-0.05, 0) is 11.6 Å². The molecule has 0 aliphatic carbocycles. The highest BCUT2D eigenvalue weighted by molar-refractivity contribution is 7.60. The third-order valence-corrected chi connectivity index (χ3v) is 2.70. The molecule has 0 radical (unpaired) electrons. The van der Waals surface area contributed by atoms with Crippen molar-refractivity contribution in [2.75, 3.05) is 0 Å². The van der Waals surface area contributed by atoms with Crippen molar-refractivity contribution in [1.82, 2.24) is 0 Å². The Hall–Kier alpha value is -1.16. The van der Waals surface area contributed by atoms with E-state index >= 15 is 0 Å². The molecule has 0 atom stereocenters. The molecule has 2 N–H and O–H groups in total. The van der Waals surface area contributed by atoms with Gasteiger partial charge in [0, 0.05) is 12.4 Å². The molecule has 0 spiro atoms. The molecule has 5 nitrogen and oxygen atoms in total. The minimum Gasteiger partial charge on any atom is -0.550 e. The normalized spacial score (nSPS) is 11.3. The van der Waals surface area contributed by atoms with Crippen LogP contribution in [0.3, 0.4) is 0 Å². The van der Waals surface area contributed by atoms with Crippen LogP contribution in [0.1, 0.15) is 5.56 Å². The van der Waals surface area contributed by atoms with Gasteiger partial charge in [-0.15, -0.1) is 0 Å². The molecule has 0 bridgehead atoms. The van der Waals surface area contributed by atoms with E-state index in [9.17, 15) is 14.5 Å². The van der Waals surface area contributed by atoms with Gasteiger partial charge in [-0.25, -0.2) is 0 Å². The molecule has 0 aliphatic rings. The number of rotatable bonds is 3. The second-order valence-corrected chi connectivity index (χ2v) is 4.29. The van der Waals surface area contributed by atoms with Crippen molar-refractivity contribution in [1.29, 1.82) is 0 Å². The molecule has 0 aliphatic heterocycles. The molecule has 0 saturated heterocycles. The van der Waals surface area contributed by atoms with Crippen LogP contribution in [-0.4, -0.2) is 15.8 Å². The third-order valence-electron chi connectivity index (χ3n) is 1.64. The van der Waals surface area contributed by atoms with Crippen LogP contribution in [0, 0.1) is 0 Å². The summed E-state index contributed by atoms with van der Waals surface area (Å²) in [7, 11) is -4.40. The minimum atomic E-state index is -4.40. The molecule has 0 amide bonds. The van der Waals surface area contributed by atoms with E-state index < -0.39 is 20.0 Å². The number of carboxylic acid groups (broad SMARTS) is 1. The van der Waals surface area contributed by atoms with Gasteiger partial charge >= 0.3 is 7.60 Å². The zero-order valence-electron chi connectivity index (χ0n) is 7.08. The van der Waals surface area contributed by atoms with E-state index in [2.05, 4.69) is 0 Å². The molecule has 0 fully saturated rings. The van der Waals surface area contributed by atoms with Crippen molar-refractivity contribution in [2.24, 2.45) is 0 Å². The smallest absolute Gasteiger partial charge is 0.356 e. The maximum atomic E-state index is 10.9. The maximum Gasteiger partial charge on any atom is 0.356 e. The fourth-order valence-corrected chi connectivity index (χ4v) is 1.91. The Morgan fingerprint density at radius 1 is 1.36 bits per heavy atom. The van der Waals surface area contributed by atoms with Crippen LogP contribution >= 0.6 is 7.60 Å². The molecule has 1 aromatic rings. The van der Waals surface area contributed by atoms with Crippen LogP contribution in [0.15, 0.2) is 24.3 Å². The van der Waals surface area contributed by atoms with E-state index in [1.807, 2.05) is 0 Å². The number of benzene rings is 1. The lowest BCUT2D eigenvalue weighted by molar-refractivity contribution is -0.304. The Labute approximate surface area is 80.2 Å². The molecule has 6 heteroatoms. The Morgan fingerprint density at radius 3 is 2.43 bits per heavy atom. The van der Waals surface area contributed by atoms with E-state index in [0.717, 1.165) is 0 Å². The second-order valence-electron chi connectivity index (χ2n) is 2.72. The number of carboxylic acids is 1. The number of aliphatic carboxylic acids is 1. The highest BCUT2D eigenvalue weighted by Gasteiger charge is 2.20. The topological polar surface area (TPSA) is 97.7 Å². The minimum absolute atomic E-state index is 0.0841. The summed E-state index contributed by atoms with van der Waals surface area (Å²) >= 11 is 0. The highest BCUT2D eigenvalue weighted by atomic mass is 31.2. The van der Waals surface area contributed by atoms with Crippen molar-refractivity contribution >= 4 is 18.9 Å². The number of carbonyl (C=O) groups is 1. The average Bonchev–Trinajstić information content (AvgIpc) is 2.01. The van der Waals surface area contributed by atoms with E-state index in [4.69, 9.17) is 9.79 Å². The van der Waals surface area contributed by atoms with E-state index in [1.165, 1.54) is 24.3 Å². The average molecular weight is 215 g/mol. The van der Waals surface area contributed by atoms with Gasteiger partial charge in [-0.1, -0.05) is 18.2 Å². The fraction of sp³-hybridized carbons (Fsp3) is 0.125. The predicted octanol–water partition coefficient (Wildman–Crippen LogP) is -1.22. The molecule has 0 aromatic heterocycles. The molecule has 1 aromatic carbocycles. The first kappa shape index (κ1) is 10.9. The summed E-state index contributed by atoms with van der Waals surface area (Å²) in [5.74, 6) is -1.37. The van der Waals surface area contributed by atoms with E-state index in [1.54, 1.807) is 0 Å². The molecule has 76 valence electrons. The number of carbonyl (C=O) groups excluding carboxylic acids is 1. The summed E-state index contributed by atoms with van der Waals surface area (Å²) in [5.41, 5.74) is 0.0841. The maximum absolute atomic E-state index is 10.9. The molecular weight excluding hydrogens is 207 g/mol. The van der Waals surface area contributed by atoms with Crippen LogP contribution in [0.25, 0.3) is 0 Å². The fourth-order valence-electron chi connectivity index (χ4n) is 1.10. The van der Waals surface area contributed by atoms with Gasteiger partial charge in [0.1, 0.15) is 0 Å². The van der Waals surface area contributed by atoms with E-state index in [0.29, 0.717) is 0 Å². The molecule has 14 heavy (non-hydrogen) atoms. The molecule has 1 rings (SSSR count). The summed E-state index contributed by atoms with van der Waals surface area (Å²) in [6.07, 6.45) is -0.499. The first-order chi connectivity index (χ1) is 6.41. The van der Waals surface area contributed by atoms with Gasteiger partial charge in [-0.3, -0.25) is 4.57 Å². The summed E-state index contributed by atoms with van der Waals surface area (Å²) in [6, 6.07) is 5.51. The largest absolute Gasteiger partial charge is 0.550 e. The lowest BCUT2D eigenvalue weighted by Gasteiger charge is -2.10. The van der Waals surface area contributed by atoms with Crippen molar-refractivity contribution < 1.29 is 24.3 Å². The van der Waals surface area contributed by atoms with Gasteiger partial charge < -0.3 is 19.7 Å². The van der Waals surface area contributed by atoms with Crippen LogP contribution in [0.5, 0.6) is 0 Å². The Balaban J connectivity index is 3.16. The zero-order valence-corrected chi connectivity index (χ0v) is 7.98. The number of hydrogen-bond acceptors (Lipinski definition) is 3. The quantitative estimate of drug-likeness (QED) is 0.616. The summed E-state index contributed by atoms with van der Waals surface area (Å²) in [4.78, 5) is 28.0. The molecule has 0 unspecified atom stereocenters. The van der Waals surface area contributed by atoms with Gasteiger partial charge in [-0.2, -0.15) is 0 Å². The second kappa shape index (κ2) is 3.92. The van der Waals surface area contributed by atoms with Gasteiger partial charge in [0.2, 0.25) is 0 Å². The van der Waals surface area contributed by atoms with Crippen molar-refractivity contribution in [3.63, 3.8) is 0 Å². The van der Waals surface area contributed by atoms with Crippen molar-refractivity contribution in [2.45, 2.75) is 6.42 Å².